The van der Waals surface area contributed by atoms with Crippen LogP contribution in [-0.2, 0) is 9.53 Å². The van der Waals surface area contributed by atoms with Gasteiger partial charge in [-0.1, -0.05) is 0 Å². The molecular formula is C16H20ClF3N2O3. The maximum atomic E-state index is 14.0. The van der Waals surface area contributed by atoms with Gasteiger partial charge in [0.05, 0.1) is 5.92 Å². The maximum absolute atomic E-state index is 14.0. The molecule has 2 amide bonds. The average molecular weight is 381 g/mol. The van der Waals surface area contributed by atoms with E-state index in [-0.39, 0.29) is 18.7 Å². The summed E-state index contributed by atoms with van der Waals surface area (Å²) in [6.45, 7) is 4.88. The summed E-state index contributed by atoms with van der Waals surface area (Å²) in [6.07, 6.45) is -0.648. The molecule has 140 valence electrons. The molecule has 0 radical (unpaired) electrons. The number of rotatable bonds is 5. The maximum Gasteiger partial charge on any atom is 0.426 e. The number of nitrogens with one attached hydrogen (secondary N) is 2. The molecule has 1 rings (SSSR count). The van der Waals surface area contributed by atoms with Crippen LogP contribution in [0.25, 0.3) is 0 Å². The van der Waals surface area contributed by atoms with Crippen molar-refractivity contribution in [1.29, 1.82) is 0 Å². The fourth-order valence-corrected chi connectivity index (χ4v) is 2.23. The Morgan fingerprint density at radius 2 is 1.72 bits per heavy atom. The molecule has 0 bridgehead atoms. The van der Waals surface area contributed by atoms with Crippen molar-refractivity contribution >= 4 is 23.6 Å². The molecule has 1 aromatic rings. The predicted molar refractivity (Wildman–Crippen MR) is 86.5 cm³/mol. The first kappa shape index (κ1) is 21.1. The van der Waals surface area contributed by atoms with Crippen molar-refractivity contribution in [2.75, 3.05) is 5.88 Å². The second-order valence-corrected chi connectivity index (χ2v) is 6.66. The summed E-state index contributed by atoms with van der Waals surface area (Å²) in [5.74, 6) is -5.49. The Morgan fingerprint density at radius 3 is 2.20 bits per heavy atom. The minimum Gasteiger partial charge on any atom is -0.443 e. The van der Waals surface area contributed by atoms with Crippen molar-refractivity contribution in [3.8, 4) is 0 Å². The van der Waals surface area contributed by atoms with Gasteiger partial charge in [-0.25, -0.2) is 23.4 Å². The highest BCUT2D eigenvalue weighted by atomic mass is 35.5. The number of carbonyl (C=O) groups is 2. The number of hydrogen-bond acceptors (Lipinski definition) is 3. The predicted octanol–water partition coefficient (Wildman–Crippen LogP) is 3.76. The van der Waals surface area contributed by atoms with Gasteiger partial charge < -0.3 is 4.74 Å². The number of benzene rings is 1. The van der Waals surface area contributed by atoms with Gasteiger partial charge in [0.15, 0.2) is 0 Å². The van der Waals surface area contributed by atoms with Crippen LogP contribution in [0.15, 0.2) is 12.1 Å². The van der Waals surface area contributed by atoms with E-state index in [9.17, 15) is 22.8 Å². The summed E-state index contributed by atoms with van der Waals surface area (Å²) in [4.78, 5) is 23.8. The Bertz CT molecular complexity index is 613. The lowest BCUT2D eigenvalue weighted by atomic mass is 9.92. The topological polar surface area (TPSA) is 67.4 Å². The van der Waals surface area contributed by atoms with Crippen molar-refractivity contribution in [3.05, 3.63) is 35.1 Å². The SMILES string of the molecule is CC(C)(C)OC(=O)NNC(=O)C(CCCCl)c1c(F)cc(F)cc1F. The van der Waals surface area contributed by atoms with Gasteiger partial charge in [-0.3, -0.25) is 10.2 Å². The lowest BCUT2D eigenvalue weighted by molar-refractivity contribution is -0.123. The largest absolute Gasteiger partial charge is 0.443 e. The zero-order valence-electron chi connectivity index (χ0n) is 14.1. The van der Waals surface area contributed by atoms with Crippen molar-refractivity contribution in [2.24, 2.45) is 0 Å². The number of amides is 2. The van der Waals surface area contributed by atoms with Gasteiger partial charge in [-0.15, -0.1) is 11.6 Å². The van der Waals surface area contributed by atoms with E-state index in [0.717, 1.165) is 0 Å². The minimum absolute atomic E-state index is 0.00477. The first-order valence-electron chi connectivity index (χ1n) is 7.54. The highest BCUT2D eigenvalue weighted by Gasteiger charge is 2.28. The molecule has 25 heavy (non-hydrogen) atoms. The zero-order valence-corrected chi connectivity index (χ0v) is 14.8. The third-order valence-corrected chi connectivity index (χ3v) is 3.29. The minimum atomic E-state index is -1.30. The monoisotopic (exact) mass is 380 g/mol. The van der Waals surface area contributed by atoms with Crippen LogP contribution < -0.4 is 10.9 Å². The van der Waals surface area contributed by atoms with Crippen LogP contribution in [0.1, 0.15) is 45.1 Å². The third-order valence-electron chi connectivity index (χ3n) is 3.02. The van der Waals surface area contributed by atoms with E-state index in [1.165, 1.54) is 0 Å². The lowest BCUT2D eigenvalue weighted by Crippen LogP contribution is -2.46. The Labute approximate surface area is 148 Å². The van der Waals surface area contributed by atoms with Gasteiger partial charge in [0, 0.05) is 23.6 Å². The molecule has 0 spiro atoms. The van der Waals surface area contributed by atoms with E-state index in [1.807, 2.05) is 10.9 Å². The molecule has 2 N–H and O–H groups in total. The molecule has 0 aliphatic rings. The van der Waals surface area contributed by atoms with E-state index < -0.39 is 46.5 Å². The van der Waals surface area contributed by atoms with E-state index in [4.69, 9.17) is 16.3 Å². The number of ether oxygens (including phenoxy) is 1. The van der Waals surface area contributed by atoms with Crippen LogP contribution in [-0.4, -0.2) is 23.5 Å². The fourth-order valence-electron chi connectivity index (χ4n) is 2.08. The summed E-state index contributed by atoms with van der Waals surface area (Å²) in [7, 11) is 0. The molecule has 0 saturated carbocycles. The highest BCUT2D eigenvalue weighted by molar-refractivity contribution is 6.17. The first-order valence-corrected chi connectivity index (χ1v) is 8.08. The standard InChI is InChI=1S/C16H20ClF3N2O3/c1-16(2,3)25-15(24)22-21-14(23)10(5-4-6-17)13-11(19)7-9(18)8-12(13)20/h7-8,10H,4-6H2,1-3H3,(H,21,23)(H,22,24). The van der Waals surface area contributed by atoms with E-state index in [2.05, 4.69) is 0 Å². The number of halogens is 4. The second kappa shape index (κ2) is 8.94. The summed E-state index contributed by atoms with van der Waals surface area (Å²) < 4.78 is 45.9. The Morgan fingerprint density at radius 1 is 1.16 bits per heavy atom. The number of hydrazine groups is 1. The fraction of sp³-hybridized carbons (Fsp3) is 0.500. The zero-order chi connectivity index (χ0) is 19.2. The van der Waals surface area contributed by atoms with E-state index in [0.29, 0.717) is 12.1 Å². The van der Waals surface area contributed by atoms with Gasteiger partial charge in [-0.05, 0) is 33.6 Å². The molecule has 0 aliphatic carbocycles. The molecule has 1 atom stereocenters. The molecular weight excluding hydrogens is 361 g/mol. The molecule has 0 fully saturated rings. The van der Waals surface area contributed by atoms with Gasteiger partial charge in [0.25, 0.3) is 0 Å². The van der Waals surface area contributed by atoms with Gasteiger partial charge in [0.2, 0.25) is 5.91 Å². The first-order chi connectivity index (χ1) is 11.5. The van der Waals surface area contributed by atoms with Crippen molar-refractivity contribution in [2.45, 2.75) is 45.1 Å². The Balaban J connectivity index is 2.92. The summed E-state index contributed by atoms with van der Waals surface area (Å²) in [5, 5.41) is 0. The van der Waals surface area contributed by atoms with Crippen LogP contribution in [0.2, 0.25) is 0 Å². The molecule has 1 aromatic carbocycles. The van der Waals surface area contributed by atoms with Gasteiger partial charge in [-0.2, -0.15) is 0 Å². The van der Waals surface area contributed by atoms with E-state index in [1.54, 1.807) is 20.8 Å². The average Bonchev–Trinajstić information content (AvgIpc) is 2.45. The molecule has 9 heteroatoms. The second-order valence-electron chi connectivity index (χ2n) is 6.28. The normalized spacial score (nSPS) is 12.4. The summed E-state index contributed by atoms with van der Waals surface area (Å²) >= 11 is 5.57. The van der Waals surface area contributed by atoms with Crippen LogP contribution in [0.4, 0.5) is 18.0 Å². The Kier molecular flexibility index (Phi) is 7.54. The van der Waals surface area contributed by atoms with Crippen LogP contribution in [0, 0.1) is 17.5 Å². The van der Waals surface area contributed by atoms with Gasteiger partial charge in [0.1, 0.15) is 23.1 Å². The third kappa shape index (κ3) is 6.81. The molecule has 1 unspecified atom stereocenters. The summed E-state index contributed by atoms with van der Waals surface area (Å²) in [5.41, 5.74) is 2.67. The van der Waals surface area contributed by atoms with Gasteiger partial charge >= 0.3 is 6.09 Å². The van der Waals surface area contributed by atoms with E-state index >= 15 is 0 Å². The number of hydrogen-bond donors (Lipinski definition) is 2. The highest BCUT2D eigenvalue weighted by Crippen LogP contribution is 2.28. The molecule has 0 saturated heterocycles. The number of carbonyl (C=O) groups excluding carboxylic acids is 2. The smallest absolute Gasteiger partial charge is 0.426 e. The molecule has 0 aliphatic heterocycles. The van der Waals surface area contributed by atoms with Crippen molar-refractivity contribution in [3.63, 3.8) is 0 Å². The Hall–Kier alpha value is -1.96. The molecule has 0 heterocycles. The van der Waals surface area contributed by atoms with Crippen molar-refractivity contribution in [1.82, 2.24) is 10.9 Å². The quantitative estimate of drug-likeness (QED) is 0.603. The van der Waals surface area contributed by atoms with Crippen LogP contribution in [0.5, 0.6) is 0 Å². The van der Waals surface area contributed by atoms with Crippen molar-refractivity contribution < 1.29 is 27.5 Å². The lowest BCUT2D eigenvalue weighted by Gasteiger charge is -2.21. The number of alkyl halides is 1. The van der Waals surface area contributed by atoms with Crippen LogP contribution in [0.3, 0.4) is 0 Å². The molecule has 0 aromatic heterocycles. The molecule has 5 nitrogen and oxygen atoms in total. The van der Waals surface area contributed by atoms with Crippen LogP contribution >= 0.6 is 11.6 Å². The summed E-state index contributed by atoms with van der Waals surface area (Å²) in [6, 6.07) is 0.974.